The van der Waals surface area contributed by atoms with Gasteiger partial charge in [-0.05, 0) is 48.2 Å². The molecule has 1 amide bonds. The number of halogens is 1. The lowest BCUT2D eigenvalue weighted by atomic mass is 10.1. The predicted molar refractivity (Wildman–Crippen MR) is 131 cm³/mol. The molecule has 0 saturated carbocycles. The van der Waals surface area contributed by atoms with E-state index in [1.54, 1.807) is 40.6 Å². The summed E-state index contributed by atoms with van der Waals surface area (Å²) < 4.78 is 33.4. The fraction of sp³-hybridized carbons (Fsp3) is 0.0952. The van der Waals surface area contributed by atoms with Gasteiger partial charge in [0.1, 0.15) is 4.91 Å². The summed E-state index contributed by atoms with van der Waals surface area (Å²) in [7, 11) is -3.99. The number of hydrogen-bond acceptors (Lipinski definition) is 7. The zero-order valence-electron chi connectivity index (χ0n) is 16.8. The summed E-state index contributed by atoms with van der Waals surface area (Å²) in [6, 6.07) is 12.2. The molecule has 166 valence electrons. The molecule has 0 aromatic heterocycles. The molecule has 3 N–H and O–H groups in total. The number of hydrogen-bond donors (Lipinski definition) is 3. The second kappa shape index (κ2) is 9.53. The highest BCUT2D eigenvalue weighted by Crippen LogP contribution is 2.34. The van der Waals surface area contributed by atoms with E-state index >= 15 is 0 Å². The smallest absolute Gasteiger partial charge is 0.264 e. The van der Waals surface area contributed by atoms with Gasteiger partial charge in [0.2, 0.25) is 0 Å². The third-order valence-electron chi connectivity index (χ3n) is 4.70. The zero-order valence-corrected chi connectivity index (χ0v) is 20.0. The fourth-order valence-corrected chi connectivity index (χ4v) is 5.95. The third-order valence-corrected chi connectivity index (χ3v) is 7.92. The van der Waals surface area contributed by atoms with Gasteiger partial charge in [0, 0.05) is 28.9 Å². The van der Waals surface area contributed by atoms with E-state index in [9.17, 15) is 13.2 Å². The summed E-state index contributed by atoms with van der Waals surface area (Å²) in [4.78, 5) is 14.1. The maximum atomic E-state index is 13.2. The Balaban J connectivity index is 1.58. The van der Waals surface area contributed by atoms with Gasteiger partial charge in [0.05, 0.1) is 29.1 Å². The van der Waals surface area contributed by atoms with Crippen LogP contribution >= 0.6 is 35.5 Å². The first-order valence-corrected chi connectivity index (χ1v) is 13.3. The second-order valence-electron chi connectivity index (χ2n) is 6.73. The molecule has 2 aromatic carbocycles. The summed E-state index contributed by atoms with van der Waals surface area (Å²) in [6.45, 7) is 0.311. The van der Waals surface area contributed by atoms with Crippen molar-refractivity contribution in [2.24, 2.45) is 0 Å². The quantitative estimate of drug-likeness (QED) is 0.377. The number of fused-ring (bicyclic) bond motifs is 1. The molecule has 0 fully saturated rings. The van der Waals surface area contributed by atoms with Crippen molar-refractivity contribution < 1.29 is 13.2 Å². The molecule has 0 aliphatic carbocycles. The van der Waals surface area contributed by atoms with Gasteiger partial charge in [0.15, 0.2) is 0 Å². The zero-order chi connectivity index (χ0) is 22.7. The number of sulfonamides is 1. The summed E-state index contributed by atoms with van der Waals surface area (Å²) in [6.07, 6.45) is 8.47. The largest absolute Gasteiger partial charge is 0.348 e. The normalized spacial score (nSPS) is 14.9. The minimum absolute atomic E-state index is 0.0812. The number of nitrogens with zero attached hydrogens (tertiary/aromatic N) is 1. The lowest BCUT2D eigenvalue weighted by Gasteiger charge is -2.21. The van der Waals surface area contributed by atoms with E-state index in [2.05, 4.69) is 14.8 Å². The Bertz CT molecular complexity index is 1260. The highest BCUT2D eigenvalue weighted by Gasteiger charge is 2.30. The lowest BCUT2D eigenvalue weighted by Crippen LogP contribution is -2.26. The molecule has 0 spiro atoms. The molecular formula is C21H19ClN4O3S3. The van der Waals surface area contributed by atoms with Crippen molar-refractivity contribution >= 4 is 57.1 Å². The Kier molecular flexibility index (Phi) is 6.75. The van der Waals surface area contributed by atoms with Crippen molar-refractivity contribution in [3.05, 3.63) is 93.8 Å². The summed E-state index contributed by atoms with van der Waals surface area (Å²) in [5.41, 5.74) is 1.75. The minimum Gasteiger partial charge on any atom is -0.348 e. The Morgan fingerprint density at radius 1 is 1.25 bits per heavy atom. The Morgan fingerprint density at radius 3 is 2.88 bits per heavy atom. The average Bonchev–Trinajstić information content (AvgIpc) is 3.26. The number of carbonyl (C=O) groups excluding carboxylic acids is 1. The topological polar surface area (TPSA) is 90.5 Å². The van der Waals surface area contributed by atoms with Crippen LogP contribution in [0.5, 0.6) is 0 Å². The number of rotatable bonds is 7. The molecule has 0 radical (unpaired) electrons. The van der Waals surface area contributed by atoms with Crippen LogP contribution in [0, 0.1) is 0 Å². The number of allylic oxidation sites excluding steroid dienone is 2. The fourth-order valence-electron chi connectivity index (χ4n) is 3.18. The number of nitrogens with one attached hydrogen (secondary N) is 3. The lowest BCUT2D eigenvalue weighted by molar-refractivity contribution is 0.0951. The molecule has 32 heavy (non-hydrogen) atoms. The molecule has 7 nitrogen and oxygen atoms in total. The van der Waals surface area contributed by atoms with Crippen LogP contribution in [-0.2, 0) is 16.6 Å². The van der Waals surface area contributed by atoms with Crippen molar-refractivity contribution in [2.45, 2.75) is 11.4 Å². The van der Waals surface area contributed by atoms with Gasteiger partial charge in [-0.1, -0.05) is 29.8 Å². The number of carbonyl (C=O) groups is 1. The van der Waals surface area contributed by atoms with Gasteiger partial charge in [-0.2, -0.15) is 0 Å². The van der Waals surface area contributed by atoms with Gasteiger partial charge in [-0.15, -0.1) is 11.8 Å². The van der Waals surface area contributed by atoms with Crippen LogP contribution in [0.2, 0.25) is 5.02 Å². The van der Waals surface area contributed by atoms with E-state index in [4.69, 9.17) is 11.6 Å². The van der Waals surface area contributed by atoms with E-state index in [0.29, 0.717) is 17.3 Å². The summed E-state index contributed by atoms with van der Waals surface area (Å²) in [5, 5.41) is 3.17. The number of anilines is 1. The minimum atomic E-state index is -3.99. The van der Waals surface area contributed by atoms with E-state index in [0.717, 1.165) is 10.5 Å². The Morgan fingerprint density at radius 2 is 2.06 bits per heavy atom. The molecule has 0 atom stereocenters. The first kappa shape index (κ1) is 22.7. The van der Waals surface area contributed by atoms with Crippen LogP contribution in [0.25, 0.3) is 0 Å². The second-order valence-corrected chi connectivity index (χ2v) is 10.5. The van der Waals surface area contributed by atoms with Crippen LogP contribution in [0.3, 0.4) is 0 Å². The van der Waals surface area contributed by atoms with E-state index in [-0.39, 0.29) is 16.2 Å². The molecular weight excluding hydrogens is 488 g/mol. The SMILES string of the molecule is CSc1ccccc1CNC(=O)c1ccc(Cl)cc1NS(=O)(=O)C1=CC=CN2SNC=C12. The molecule has 0 unspecified atom stereocenters. The maximum Gasteiger partial charge on any atom is 0.264 e. The highest BCUT2D eigenvalue weighted by molar-refractivity contribution is 7.98. The summed E-state index contributed by atoms with van der Waals surface area (Å²) in [5.74, 6) is -0.410. The third kappa shape index (κ3) is 4.78. The van der Waals surface area contributed by atoms with Crippen LogP contribution < -0.4 is 14.8 Å². The molecule has 4 rings (SSSR count). The first-order valence-electron chi connectivity index (χ1n) is 9.42. The standard InChI is InChI=1S/C21H19ClN4O3S3/c1-30-19-6-3-2-5-14(19)12-23-21(27)16-9-8-15(22)11-17(16)25-32(28,29)20-7-4-10-26-18(20)13-24-31-26/h2-11,13,24-25H,12H2,1H3,(H,23,27). The summed E-state index contributed by atoms with van der Waals surface area (Å²) >= 11 is 8.96. The molecule has 2 aliphatic heterocycles. The molecule has 2 aliphatic rings. The van der Waals surface area contributed by atoms with Crippen LogP contribution in [0.1, 0.15) is 15.9 Å². The monoisotopic (exact) mass is 506 g/mol. The van der Waals surface area contributed by atoms with E-state index in [1.165, 1.54) is 30.3 Å². The Labute approximate surface area is 200 Å². The van der Waals surface area contributed by atoms with Gasteiger partial charge in [-0.3, -0.25) is 13.8 Å². The van der Waals surface area contributed by atoms with Crippen LogP contribution in [-0.4, -0.2) is 24.9 Å². The van der Waals surface area contributed by atoms with E-state index in [1.807, 2.05) is 30.5 Å². The maximum absolute atomic E-state index is 13.2. The van der Waals surface area contributed by atoms with Crippen molar-refractivity contribution in [2.75, 3.05) is 11.0 Å². The molecule has 0 saturated heterocycles. The van der Waals surface area contributed by atoms with Gasteiger partial charge in [-0.25, -0.2) is 8.42 Å². The number of amides is 1. The predicted octanol–water partition coefficient (Wildman–Crippen LogP) is 4.45. The molecule has 2 heterocycles. The van der Waals surface area contributed by atoms with Crippen molar-refractivity contribution in [3.8, 4) is 0 Å². The van der Waals surface area contributed by atoms with Crippen molar-refractivity contribution in [1.29, 1.82) is 0 Å². The van der Waals surface area contributed by atoms with Crippen molar-refractivity contribution in [1.82, 2.24) is 14.3 Å². The van der Waals surface area contributed by atoms with Crippen LogP contribution in [0.4, 0.5) is 5.69 Å². The number of benzene rings is 2. The van der Waals surface area contributed by atoms with Crippen molar-refractivity contribution in [3.63, 3.8) is 0 Å². The molecule has 11 heteroatoms. The van der Waals surface area contributed by atoms with Crippen LogP contribution in [0.15, 0.2) is 82.5 Å². The molecule has 0 bridgehead atoms. The first-order chi connectivity index (χ1) is 15.4. The van der Waals surface area contributed by atoms with E-state index < -0.39 is 15.9 Å². The molecule has 2 aromatic rings. The average molecular weight is 507 g/mol. The van der Waals surface area contributed by atoms with Gasteiger partial charge in [0.25, 0.3) is 15.9 Å². The van der Waals surface area contributed by atoms with Gasteiger partial charge < -0.3 is 10.0 Å². The highest BCUT2D eigenvalue weighted by atomic mass is 35.5. The Hall–Kier alpha value is -2.53. The number of thioether (sulfide) groups is 1. The van der Waals surface area contributed by atoms with Gasteiger partial charge >= 0.3 is 0 Å².